The maximum atomic E-state index is 12.3. The summed E-state index contributed by atoms with van der Waals surface area (Å²) in [4.78, 5) is 25.7. The Kier molecular flexibility index (Phi) is 4.25. The Hall–Kier alpha value is -1.06. The van der Waals surface area contributed by atoms with Crippen LogP contribution in [0.3, 0.4) is 0 Å². The van der Waals surface area contributed by atoms with Crippen LogP contribution < -0.4 is 5.32 Å². The van der Waals surface area contributed by atoms with E-state index in [2.05, 4.69) is 12.2 Å². The molecule has 1 heterocycles. The zero-order valence-corrected chi connectivity index (χ0v) is 11.4. The molecule has 0 aromatic rings. The molecule has 4 heteroatoms. The lowest BCUT2D eigenvalue weighted by Crippen LogP contribution is -2.48. The zero-order valence-electron chi connectivity index (χ0n) is 11.4. The molecule has 1 saturated heterocycles. The average molecular weight is 252 g/mol. The molecule has 18 heavy (non-hydrogen) atoms. The van der Waals surface area contributed by atoms with Crippen LogP contribution in [0.25, 0.3) is 0 Å². The van der Waals surface area contributed by atoms with Crippen molar-refractivity contribution >= 4 is 11.8 Å². The zero-order chi connectivity index (χ0) is 13.1. The van der Waals surface area contributed by atoms with Crippen molar-refractivity contribution in [3.63, 3.8) is 0 Å². The molecular formula is C14H24N2O2. The molecule has 1 N–H and O–H groups in total. The van der Waals surface area contributed by atoms with E-state index in [1.54, 1.807) is 6.92 Å². The van der Waals surface area contributed by atoms with Gasteiger partial charge in [0.2, 0.25) is 11.8 Å². The van der Waals surface area contributed by atoms with Gasteiger partial charge in [0.1, 0.15) is 6.04 Å². The summed E-state index contributed by atoms with van der Waals surface area (Å²) in [7, 11) is 0. The van der Waals surface area contributed by atoms with Gasteiger partial charge in [-0.05, 0) is 38.5 Å². The minimum atomic E-state index is -0.358. The van der Waals surface area contributed by atoms with E-state index in [1.165, 1.54) is 19.3 Å². The Labute approximate surface area is 109 Å². The molecule has 1 saturated carbocycles. The number of carbonyl (C=O) groups excluding carboxylic acids is 2. The summed E-state index contributed by atoms with van der Waals surface area (Å²) in [6.45, 7) is 4.62. The Morgan fingerprint density at radius 1 is 1.22 bits per heavy atom. The largest absolute Gasteiger partial charge is 0.345 e. The summed E-state index contributed by atoms with van der Waals surface area (Å²) in [6, 6.07) is -0.000603. The van der Waals surface area contributed by atoms with Crippen LogP contribution in [-0.2, 0) is 9.59 Å². The van der Waals surface area contributed by atoms with Gasteiger partial charge in [0, 0.05) is 19.0 Å². The topological polar surface area (TPSA) is 49.4 Å². The van der Waals surface area contributed by atoms with Crippen molar-refractivity contribution < 1.29 is 9.59 Å². The van der Waals surface area contributed by atoms with Crippen LogP contribution in [0.5, 0.6) is 0 Å². The molecule has 1 aliphatic heterocycles. The molecule has 2 amide bonds. The monoisotopic (exact) mass is 252 g/mol. The molecule has 0 aromatic heterocycles. The maximum absolute atomic E-state index is 12.3. The lowest BCUT2D eigenvalue weighted by atomic mass is 9.84. The Morgan fingerprint density at radius 2 is 1.89 bits per heavy atom. The first-order valence-corrected chi connectivity index (χ1v) is 7.21. The summed E-state index contributed by atoms with van der Waals surface area (Å²) >= 11 is 0. The first-order chi connectivity index (χ1) is 8.61. The van der Waals surface area contributed by atoms with Crippen molar-refractivity contribution in [2.24, 2.45) is 5.92 Å². The van der Waals surface area contributed by atoms with E-state index in [-0.39, 0.29) is 17.9 Å². The molecule has 4 nitrogen and oxygen atoms in total. The number of carbonyl (C=O) groups is 2. The normalized spacial score (nSPS) is 34.1. The number of rotatable bonds is 2. The summed E-state index contributed by atoms with van der Waals surface area (Å²) in [6.07, 6.45) is 6.35. The van der Waals surface area contributed by atoms with Crippen molar-refractivity contribution in [3.8, 4) is 0 Å². The fourth-order valence-electron chi connectivity index (χ4n) is 3.18. The van der Waals surface area contributed by atoms with Gasteiger partial charge in [-0.3, -0.25) is 9.59 Å². The van der Waals surface area contributed by atoms with E-state index in [9.17, 15) is 9.59 Å². The van der Waals surface area contributed by atoms with Gasteiger partial charge in [-0.1, -0.05) is 13.3 Å². The second kappa shape index (κ2) is 5.72. The van der Waals surface area contributed by atoms with Crippen LogP contribution in [0.2, 0.25) is 0 Å². The smallest absolute Gasteiger partial charge is 0.245 e. The van der Waals surface area contributed by atoms with Crippen LogP contribution in [-0.4, -0.2) is 35.3 Å². The lowest BCUT2D eigenvalue weighted by molar-refractivity contribution is -0.135. The van der Waals surface area contributed by atoms with Crippen LogP contribution in [0.1, 0.15) is 52.4 Å². The molecule has 1 unspecified atom stereocenters. The van der Waals surface area contributed by atoms with Gasteiger partial charge in [0.15, 0.2) is 0 Å². The standard InChI is InChI=1S/C14H24N2O2/c1-3-11-4-6-12(7-5-11)16-9-8-13(17)15-10(2)14(16)18/h10-12H,3-9H2,1-2H3,(H,15,17). The van der Waals surface area contributed by atoms with E-state index < -0.39 is 0 Å². The van der Waals surface area contributed by atoms with Crippen molar-refractivity contribution in [2.45, 2.75) is 64.5 Å². The summed E-state index contributed by atoms with van der Waals surface area (Å²) in [5.41, 5.74) is 0. The Balaban J connectivity index is 1.99. The lowest BCUT2D eigenvalue weighted by Gasteiger charge is -2.36. The summed E-state index contributed by atoms with van der Waals surface area (Å²) in [5.74, 6) is 0.932. The molecule has 2 rings (SSSR count). The SMILES string of the molecule is CCC1CCC(N2CCC(=O)NC(C)C2=O)CC1. The number of hydrogen-bond acceptors (Lipinski definition) is 2. The third kappa shape index (κ3) is 2.85. The van der Waals surface area contributed by atoms with Crippen LogP contribution >= 0.6 is 0 Å². The van der Waals surface area contributed by atoms with Gasteiger partial charge in [0.05, 0.1) is 0 Å². The molecule has 102 valence electrons. The predicted molar refractivity (Wildman–Crippen MR) is 70.0 cm³/mol. The highest BCUT2D eigenvalue weighted by Gasteiger charge is 2.33. The fraction of sp³-hybridized carbons (Fsp3) is 0.857. The van der Waals surface area contributed by atoms with E-state index in [0.717, 1.165) is 18.8 Å². The second-order valence-corrected chi connectivity index (χ2v) is 5.65. The van der Waals surface area contributed by atoms with Crippen molar-refractivity contribution in [1.29, 1.82) is 0 Å². The number of nitrogens with zero attached hydrogens (tertiary/aromatic N) is 1. The highest BCUT2D eigenvalue weighted by Crippen LogP contribution is 2.30. The van der Waals surface area contributed by atoms with Crippen molar-refractivity contribution in [3.05, 3.63) is 0 Å². The molecule has 1 aliphatic carbocycles. The Morgan fingerprint density at radius 3 is 2.50 bits per heavy atom. The van der Waals surface area contributed by atoms with Gasteiger partial charge in [-0.25, -0.2) is 0 Å². The maximum Gasteiger partial charge on any atom is 0.245 e. The van der Waals surface area contributed by atoms with Crippen LogP contribution in [0, 0.1) is 5.92 Å². The molecule has 0 radical (unpaired) electrons. The first kappa shape index (κ1) is 13.4. The fourth-order valence-corrected chi connectivity index (χ4v) is 3.18. The van der Waals surface area contributed by atoms with Gasteiger partial charge in [-0.15, -0.1) is 0 Å². The highest BCUT2D eigenvalue weighted by molar-refractivity contribution is 5.89. The third-order valence-electron chi connectivity index (χ3n) is 4.45. The predicted octanol–water partition coefficient (Wildman–Crippen LogP) is 1.69. The number of amides is 2. The average Bonchev–Trinajstić information content (AvgIpc) is 2.50. The van der Waals surface area contributed by atoms with E-state index >= 15 is 0 Å². The van der Waals surface area contributed by atoms with Gasteiger partial charge in [0.25, 0.3) is 0 Å². The molecule has 2 fully saturated rings. The van der Waals surface area contributed by atoms with E-state index in [1.807, 2.05) is 4.90 Å². The summed E-state index contributed by atoms with van der Waals surface area (Å²) < 4.78 is 0. The minimum absolute atomic E-state index is 0.000550. The molecule has 0 spiro atoms. The molecule has 2 aliphatic rings. The van der Waals surface area contributed by atoms with Crippen molar-refractivity contribution in [1.82, 2.24) is 10.2 Å². The van der Waals surface area contributed by atoms with Gasteiger partial charge in [-0.2, -0.15) is 0 Å². The Bertz CT molecular complexity index is 322. The van der Waals surface area contributed by atoms with Gasteiger partial charge >= 0.3 is 0 Å². The highest BCUT2D eigenvalue weighted by atomic mass is 16.2. The molecule has 0 bridgehead atoms. The summed E-state index contributed by atoms with van der Waals surface area (Å²) in [5, 5.41) is 2.75. The van der Waals surface area contributed by atoms with Crippen molar-refractivity contribution in [2.75, 3.05) is 6.54 Å². The molecule has 0 aromatic carbocycles. The van der Waals surface area contributed by atoms with E-state index in [4.69, 9.17) is 0 Å². The van der Waals surface area contributed by atoms with Crippen LogP contribution in [0.4, 0.5) is 0 Å². The molecule has 1 atom stereocenters. The third-order valence-corrected chi connectivity index (χ3v) is 4.45. The first-order valence-electron chi connectivity index (χ1n) is 7.21. The van der Waals surface area contributed by atoms with Gasteiger partial charge < -0.3 is 10.2 Å². The second-order valence-electron chi connectivity index (χ2n) is 5.65. The van der Waals surface area contributed by atoms with E-state index in [0.29, 0.717) is 19.0 Å². The minimum Gasteiger partial charge on any atom is -0.345 e. The molecular weight excluding hydrogens is 228 g/mol. The van der Waals surface area contributed by atoms with Crippen LogP contribution in [0.15, 0.2) is 0 Å². The quantitative estimate of drug-likeness (QED) is 0.813. The number of nitrogens with one attached hydrogen (secondary N) is 1. The number of hydrogen-bond donors (Lipinski definition) is 1.